The topological polar surface area (TPSA) is 51.2 Å². The van der Waals surface area contributed by atoms with E-state index in [1.54, 1.807) is 6.20 Å². The molecule has 0 radical (unpaired) electrons. The van der Waals surface area contributed by atoms with Gasteiger partial charge in [0, 0.05) is 18.3 Å². The van der Waals surface area contributed by atoms with E-state index in [0.717, 1.165) is 17.5 Å². The second-order valence-corrected chi connectivity index (χ2v) is 7.09. The van der Waals surface area contributed by atoms with Crippen molar-refractivity contribution in [3.8, 4) is 0 Å². The van der Waals surface area contributed by atoms with E-state index < -0.39 is 0 Å². The SMILES string of the molecule is CC(C)(COCc1ccccc1)NC(=O)[C@@H]1C[C@@H]1c1cccnc1. The van der Waals surface area contributed by atoms with Crippen LogP contribution in [0.4, 0.5) is 0 Å². The Morgan fingerprint density at radius 2 is 2.04 bits per heavy atom. The molecule has 1 aliphatic rings. The molecule has 0 spiro atoms. The van der Waals surface area contributed by atoms with Crippen molar-refractivity contribution in [2.75, 3.05) is 6.61 Å². The second-order valence-electron chi connectivity index (χ2n) is 7.09. The number of hydrogen-bond donors (Lipinski definition) is 1. The maximum absolute atomic E-state index is 12.5. The summed E-state index contributed by atoms with van der Waals surface area (Å²) in [6.45, 7) is 5.04. The van der Waals surface area contributed by atoms with Crippen molar-refractivity contribution < 1.29 is 9.53 Å². The number of hydrogen-bond acceptors (Lipinski definition) is 3. The van der Waals surface area contributed by atoms with Crippen LogP contribution in [0, 0.1) is 5.92 Å². The summed E-state index contributed by atoms with van der Waals surface area (Å²) in [6.07, 6.45) is 4.51. The van der Waals surface area contributed by atoms with Gasteiger partial charge in [0.15, 0.2) is 0 Å². The van der Waals surface area contributed by atoms with Crippen molar-refractivity contribution in [3.63, 3.8) is 0 Å². The fourth-order valence-electron chi connectivity index (χ4n) is 2.91. The van der Waals surface area contributed by atoms with E-state index in [-0.39, 0.29) is 17.4 Å². The number of nitrogens with one attached hydrogen (secondary N) is 1. The molecule has 0 saturated heterocycles. The summed E-state index contributed by atoms with van der Waals surface area (Å²) in [5.74, 6) is 0.472. The molecule has 1 amide bonds. The Morgan fingerprint density at radius 3 is 2.75 bits per heavy atom. The lowest BCUT2D eigenvalue weighted by molar-refractivity contribution is -0.124. The van der Waals surface area contributed by atoms with Gasteiger partial charge in [-0.15, -0.1) is 0 Å². The molecule has 1 aliphatic carbocycles. The van der Waals surface area contributed by atoms with Crippen molar-refractivity contribution in [2.24, 2.45) is 5.92 Å². The third-order valence-corrected chi connectivity index (χ3v) is 4.28. The second kappa shape index (κ2) is 7.14. The summed E-state index contributed by atoms with van der Waals surface area (Å²) in [4.78, 5) is 16.6. The van der Waals surface area contributed by atoms with Crippen molar-refractivity contribution in [2.45, 2.75) is 38.3 Å². The van der Waals surface area contributed by atoms with Crippen molar-refractivity contribution >= 4 is 5.91 Å². The molecule has 1 saturated carbocycles. The number of carbonyl (C=O) groups is 1. The lowest BCUT2D eigenvalue weighted by Crippen LogP contribution is -2.47. The highest BCUT2D eigenvalue weighted by atomic mass is 16.5. The average molecular weight is 324 g/mol. The number of benzene rings is 1. The third kappa shape index (κ3) is 4.42. The first-order chi connectivity index (χ1) is 11.6. The Labute approximate surface area is 143 Å². The van der Waals surface area contributed by atoms with Crippen molar-refractivity contribution in [1.29, 1.82) is 0 Å². The quantitative estimate of drug-likeness (QED) is 0.850. The first-order valence-corrected chi connectivity index (χ1v) is 8.39. The molecule has 0 aliphatic heterocycles. The van der Waals surface area contributed by atoms with Gasteiger partial charge in [0.25, 0.3) is 0 Å². The van der Waals surface area contributed by atoms with Gasteiger partial charge in [0.2, 0.25) is 5.91 Å². The minimum Gasteiger partial charge on any atom is -0.374 e. The zero-order valence-electron chi connectivity index (χ0n) is 14.2. The molecular weight excluding hydrogens is 300 g/mol. The minimum absolute atomic E-state index is 0.0580. The molecule has 1 fully saturated rings. The maximum Gasteiger partial charge on any atom is 0.224 e. The summed E-state index contributed by atoms with van der Waals surface area (Å²) < 4.78 is 5.77. The molecule has 24 heavy (non-hydrogen) atoms. The maximum atomic E-state index is 12.5. The van der Waals surface area contributed by atoms with Crippen LogP contribution in [0.15, 0.2) is 54.9 Å². The molecule has 1 aromatic heterocycles. The number of rotatable bonds is 7. The Hall–Kier alpha value is -2.20. The van der Waals surface area contributed by atoms with Crippen LogP contribution in [0.3, 0.4) is 0 Å². The smallest absolute Gasteiger partial charge is 0.224 e. The first kappa shape index (κ1) is 16.7. The molecule has 1 heterocycles. The van der Waals surface area contributed by atoms with E-state index in [2.05, 4.69) is 10.3 Å². The van der Waals surface area contributed by atoms with E-state index in [1.807, 2.05) is 62.5 Å². The predicted molar refractivity (Wildman–Crippen MR) is 93.4 cm³/mol. The Morgan fingerprint density at radius 1 is 1.25 bits per heavy atom. The van der Waals surface area contributed by atoms with E-state index in [0.29, 0.717) is 19.1 Å². The summed E-state index contributed by atoms with van der Waals surface area (Å²) in [7, 11) is 0. The summed E-state index contributed by atoms with van der Waals surface area (Å²) in [5.41, 5.74) is 1.91. The summed E-state index contributed by atoms with van der Waals surface area (Å²) in [5, 5.41) is 3.12. The predicted octanol–water partition coefficient (Wildman–Crippen LogP) is 3.30. The molecular formula is C20H24N2O2. The zero-order chi connectivity index (χ0) is 17.0. The van der Waals surface area contributed by atoms with Crippen LogP contribution in [-0.4, -0.2) is 23.0 Å². The number of carbonyl (C=O) groups excluding carboxylic acids is 1. The van der Waals surface area contributed by atoms with E-state index in [4.69, 9.17) is 4.74 Å². The van der Waals surface area contributed by atoms with Gasteiger partial charge in [0.05, 0.1) is 18.8 Å². The van der Waals surface area contributed by atoms with E-state index in [1.165, 1.54) is 0 Å². The van der Waals surface area contributed by atoms with Crippen LogP contribution in [0.25, 0.3) is 0 Å². The monoisotopic (exact) mass is 324 g/mol. The molecule has 1 N–H and O–H groups in total. The normalized spacial score (nSPS) is 19.8. The standard InChI is InChI=1S/C20H24N2O2/c1-20(2,14-24-13-15-7-4-3-5-8-15)22-19(23)18-11-17(18)16-9-6-10-21-12-16/h3-10,12,17-18H,11,13-14H2,1-2H3,(H,22,23)/t17-,18-/m1/s1. The molecule has 0 unspecified atom stereocenters. The Kier molecular flexibility index (Phi) is 4.95. The molecule has 2 atom stereocenters. The lowest BCUT2D eigenvalue weighted by Gasteiger charge is -2.26. The Bertz CT molecular complexity index is 671. The first-order valence-electron chi connectivity index (χ1n) is 8.39. The van der Waals surface area contributed by atoms with Gasteiger partial charge in [-0.3, -0.25) is 9.78 Å². The van der Waals surface area contributed by atoms with Crippen molar-refractivity contribution in [1.82, 2.24) is 10.3 Å². The minimum atomic E-state index is -0.381. The average Bonchev–Trinajstić information content (AvgIpc) is 3.37. The highest BCUT2D eigenvalue weighted by Gasteiger charge is 2.45. The fourth-order valence-corrected chi connectivity index (χ4v) is 2.91. The number of pyridine rings is 1. The van der Waals surface area contributed by atoms with Gasteiger partial charge in [0.1, 0.15) is 0 Å². The fraction of sp³-hybridized carbons (Fsp3) is 0.400. The molecule has 126 valence electrons. The molecule has 1 aromatic carbocycles. The largest absolute Gasteiger partial charge is 0.374 e. The van der Waals surface area contributed by atoms with Crippen LogP contribution in [-0.2, 0) is 16.1 Å². The lowest BCUT2D eigenvalue weighted by atomic mass is 10.1. The van der Waals surface area contributed by atoms with Crippen LogP contribution in [0.5, 0.6) is 0 Å². The molecule has 4 nitrogen and oxygen atoms in total. The van der Waals surface area contributed by atoms with Gasteiger partial charge in [-0.25, -0.2) is 0 Å². The van der Waals surface area contributed by atoms with Crippen LogP contribution in [0.2, 0.25) is 0 Å². The highest BCUT2D eigenvalue weighted by molar-refractivity contribution is 5.83. The van der Waals surface area contributed by atoms with Gasteiger partial charge in [-0.2, -0.15) is 0 Å². The van der Waals surface area contributed by atoms with Gasteiger partial charge < -0.3 is 10.1 Å². The number of ether oxygens (including phenoxy) is 1. The zero-order valence-corrected chi connectivity index (χ0v) is 14.2. The number of amides is 1. The van der Waals surface area contributed by atoms with Gasteiger partial charge in [-0.1, -0.05) is 36.4 Å². The summed E-state index contributed by atoms with van der Waals surface area (Å²) >= 11 is 0. The van der Waals surface area contributed by atoms with Crippen LogP contribution in [0.1, 0.15) is 37.3 Å². The van der Waals surface area contributed by atoms with Crippen molar-refractivity contribution in [3.05, 3.63) is 66.0 Å². The van der Waals surface area contributed by atoms with Crippen LogP contribution < -0.4 is 5.32 Å². The van der Waals surface area contributed by atoms with Crippen LogP contribution >= 0.6 is 0 Å². The summed E-state index contributed by atoms with van der Waals surface area (Å²) in [6, 6.07) is 14.0. The molecule has 4 heteroatoms. The third-order valence-electron chi connectivity index (χ3n) is 4.28. The van der Waals surface area contributed by atoms with E-state index >= 15 is 0 Å². The molecule has 2 aromatic rings. The van der Waals surface area contributed by atoms with Gasteiger partial charge in [-0.05, 0) is 43.4 Å². The van der Waals surface area contributed by atoms with E-state index in [9.17, 15) is 4.79 Å². The number of nitrogens with zero attached hydrogens (tertiary/aromatic N) is 1. The molecule has 3 rings (SSSR count). The highest BCUT2D eigenvalue weighted by Crippen LogP contribution is 2.47. The Balaban J connectivity index is 1.45. The number of aromatic nitrogens is 1. The molecule has 0 bridgehead atoms. The van der Waals surface area contributed by atoms with Gasteiger partial charge >= 0.3 is 0 Å².